The topological polar surface area (TPSA) is 124 Å². The van der Waals surface area contributed by atoms with Gasteiger partial charge in [0.2, 0.25) is 0 Å². The number of ether oxygens (including phenoxy) is 2. The number of hydrogen-bond donors (Lipinski definition) is 2. The highest BCUT2D eigenvalue weighted by atomic mass is 32.2. The Morgan fingerprint density at radius 1 is 0.946 bits per heavy atom. The molecule has 0 aliphatic heterocycles. The number of esters is 1. The largest absolute Gasteiger partial charge is 0.497 e. The number of carbonyl (C=O) groups excluding carboxylic acids is 2. The summed E-state index contributed by atoms with van der Waals surface area (Å²) in [7, 11) is -2.32. The van der Waals surface area contributed by atoms with Crippen LogP contribution in [0.25, 0.3) is 11.3 Å². The lowest BCUT2D eigenvalue weighted by atomic mass is 10.1. The van der Waals surface area contributed by atoms with Crippen molar-refractivity contribution >= 4 is 44.1 Å². The molecule has 190 valence electrons. The Morgan fingerprint density at radius 3 is 2.24 bits per heavy atom. The zero-order valence-electron chi connectivity index (χ0n) is 19.9. The minimum atomic E-state index is -3.82. The summed E-state index contributed by atoms with van der Waals surface area (Å²) in [6.07, 6.45) is 0. The maximum Gasteiger partial charge on any atom is 0.350 e. The third-order valence-corrected chi connectivity index (χ3v) is 7.47. The lowest BCUT2D eigenvalue weighted by molar-refractivity contribution is 0.0532. The number of anilines is 2. The van der Waals surface area contributed by atoms with Gasteiger partial charge >= 0.3 is 5.97 Å². The van der Waals surface area contributed by atoms with Gasteiger partial charge in [-0.25, -0.2) is 18.2 Å². The summed E-state index contributed by atoms with van der Waals surface area (Å²) in [6.45, 7) is 1.92. The van der Waals surface area contributed by atoms with E-state index in [9.17, 15) is 18.0 Å². The van der Waals surface area contributed by atoms with E-state index < -0.39 is 21.9 Å². The van der Waals surface area contributed by atoms with E-state index in [1.165, 1.54) is 43.5 Å². The molecule has 0 fully saturated rings. The zero-order chi connectivity index (χ0) is 26.4. The van der Waals surface area contributed by atoms with Gasteiger partial charge in [-0.15, -0.1) is 0 Å². The molecule has 0 radical (unpaired) electrons. The molecule has 9 nitrogen and oxygen atoms in total. The number of methoxy groups -OCH3 is 1. The van der Waals surface area contributed by atoms with Gasteiger partial charge in [-0.1, -0.05) is 41.7 Å². The number of thiazole rings is 1. The predicted octanol–water partition coefficient (Wildman–Crippen LogP) is 5.05. The van der Waals surface area contributed by atoms with Crippen molar-refractivity contribution < 1.29 is 27.5 Å². The summed E-state index contributed by atoms with van der Waals surface area (Å²) >= 11 is 1.02. The summed E-state index contributed by atoms with van der Waals surface area (Å²) in [5.74, 6) is -0.444. The van der Waals surface area contributed by atoms with E-state index in [0.29, 0.717) is 11.4 Å². The van der Waals surface area contributed by atoms with E-state index in [1.807, 2.05) is 30.3 Å². The fourth-order valence-electron chi connectivity index (χ4n) is 3.33. The van der Waals surface area contributed by atoms with Gasteiger partial charge in [0, 0.05) is 16.8 Å². The molecular formula is C26H23N3O6S2. The van der Waals surface area contributed by atoms with Gasteiger partial charge in [-0.2, -0.15) is 0 Å². The molecule has 0 atom stereocenters. The van der Waals surface area contributed by atoms with Gasteiger partial charge in [0.15, 0.2) is 5.13 Å². The first-order valence-electron chi connectivity index (χ1n) is 11.1. The fraction of sp³-hybridized carbons (Fsp3) is 0.115. The molecule has 1 amide bonds. The summed E-state index contributed by atoms with van der Waals surface area (Å²) < 4.78 is 38.0. The first kappa shape index (κ1) is 25.9. The smallest absolute Gasteiger partial charge is 0.350 e. The Bertz CT molecular complexity index is 1500. The Hall–Kier alpha value is -4.22. The van der Waals surface area contributed by atoms with E-state index in [-0.39, 0.29) is 32.8 Å². The van der Waals surface area contributed by atoms with E-state index in [0.717, 1.165) is 16.9 Å². The van der Waals surface area contributed by atoms with Gasteiger partial charge in [0.25, 0.3) is 15.9 Å². The normalized spacial score (nSPS) is 11.0. The lowest BCUT2D eigenvalue weighted by Gasteiger charge is -2.09. The second-order valence-electron chi connectivity index (χ2n) is 7.60. The first-order chi connectivity index (χ1) is 17.8. The van der Waals surface area contributed by atoms with Gasteiger partial charge in [-0.05, 0) is 55.5 Å². The number of nitrogens with zero attached hydrogens (tertiary/aromatic N) is 1. The first-order valence-corrected chi connectivity index (χ1v) is 13.4. The molecule has 0 spiro atoms. The molecule has 0 saturated heterocycles. The summed E-state index contributed by atoms with van der Waals surface area (Å²) in [6, 6.07) is 21.0. The molecule has 1 heterocycles. The molecule has 0 aliphatic rings. The van der Waals surface area contributed by atoms with Crippen LogP contribution in [0.15, 0.2) is 83.8 Å². The number of benzene rings is 3. The van der Waals surface area contributed by atoms with E-state index in [2.05, 4.69) is 15.0 Å². The van der Waals surface area contributed by atoms with Crippen LogP contribution in [0.4, 0.5) is 10.8 Å². The molecule has 0 bridgehead atoms. The van der Waals surface area contributed by atoms with Crippen LogP contribution in [-0.4, -0.2) is 39.0 Å². The summed E-state index contributed by atoms with van der Waals surface area (Å²) in [4.78, 5) is 30.1. The Morgan fingerprint density at radius 2 is 1.62 bits per heavy atom. The van der Waals surface area contributed by atoms with E-state index in [4.69, 9.17) is 9.47 Å². The summed E-state index contributed by atoms with van der Waals surface area (Å²) in [5.41, 5.74) is 1.71. The van der Waals surface area contributed by atoms with Crippen molar-refractivity contribution in [3.63, 3.8) is 0 Å². The predicted molar refractivity (Wildman–Crippen MR) is 142 cm³/mol. The Labute approximate surface area is 218 Å². The van der Waals surface area contributed by atoms with Crippen LogP contribution in [0.3, 0.4) is 0 Å². The quantitative estimate of drug-likeness (QED) is 0.286. The van der Waals surface area contributed by atoms with Crippen LogP contribution >= 0.6 is 11.3 Å². The van der Waals surface area contributed by atoms with Crippen LogP contribution in [-0.2, 0) is 14.8 Å². The molecule has 1 aromatic heterocycles. The molecule has 11 heteroatoms. The van der Waals surface area contributed by atoms with Crippen molar-refractivity contribution in [3.8, 4) is 17.0 Å². The van der Waals surface area contributed by atoms with Crippen molar-refractivity contribution in [3.05, 3.63) is 89.3 Å². The number of nitrogens with one attached hydrogen (secondary N) is 2. The van der Waals surface area contributed by atoms with E-state index >= 15 is 0 Å². The SMILES string of the molecule is CCOC(=O)c1sc(NC(=O)c2ccc(NS(=O)(=O)c3ccc(OC)cc3)cc2)nc1-c1ccccc1. The van der Waals surface area contributed by atoms with Crippen molar-refractivity contribution in [2.24, 2.45) is 0 Å². The number of hydrogen-bond acceptors (Lipinski definition) is 8. The Balaban J connectivity index is 1.49. The number of amides is 1. The average Bonchev–Trinajstić information content (AvgIpc) is 3.33. The number of rotatable bonds is 9. The third-order valence-electron chi connectivity index (χ3n) is 5.12. The molecule has 2 N–H and O–H groups in total. The minimum Gasteiger partial charge on any atom is -0.497 e. The highest BCUT2D eigenvalue weighted by Gasteiger charge is 2.22. The van der Waals surface area contributed by atoms with Crippen LogP contribution < -0.4 is 14.8 Å². The fourth-order valence-corrected chi connectivity index (χ4v) is 5.26. The molecule has 4 rings (SSSR count). The minimum absolute atomic E-state index is 0.0745. The maximum absolute atomic E-state index is 12.8. The third kappa shape index (κ3) is 6.13. The van der Waals surface area contributed by atoms with Crippen molar-refractivity contribution in [2.45, 2.75) is 11.8 Å². The average molecular weight is 538 g/mol. The summed E-state index contributed by atoms with van der Waals surface area (Å²) in [5, 5.41) is 2.93. The standard InChI is InChI=1S/C26H23N3O6S2/c1-3-35-25(31)23-22(17-7-5-4-6-8-17)27-26(36-23)28-24(30)18-9-11-19(12-10-18)29-37(32,33)21-15-13-20(34-2)14-16-21/h4-16,29H,3H2,1-2H3,(H,27,28,30). The van der Waals surface area contributed by atoms with Gasteiger partial charge in [-0.3, -0.25) is 14.8 Å². The Kier molecular flexibility index (Phi) is 7.85. The van der Waals surface area contributed by atoms with Crippen LogP contribution in [0.2, 0.25) is 0 Å². The molecule has 3 aromatic carbocycles. The highest BCUT2D eigenvalue weighted by Crippen LogP contribution is 2.32. The van der Waals surface area contributed by atoms with Gasteiger partial charge in [0.1, 0.15) is 10.6 Å². The zero-order valence-corrected chi connectivity index (χ0v) is 21.6. The van der Waals surface area contributed by atoms with Crippen molar-refractivity contribution in [2.75, 3.05) is 23.8 Å². The van der Waals surface area contributed by atoms with Crippen LogP contribution in [0, 0.1) is 0 Å². The maximum atomic E-state index is 12.8. The van der Waals surface area contributed by atoms with Crippen LogP contribution in [0.5, 0.6) is 5.75 Å². The lowest BCUT2D eigenvalue weighted by Crippen LogP contribution is -2.14. The molecule has 0 unspecified atom stereocenters. The van der Waals surface area contributed by atoms with Crippen molar-refractivity contribution in [1.82, 2.24) is 4.98 Å². The second-order valence-corrected chi connectivity index (χ2v) is 10.3. The molecular weight excluding hydrogens is 514 g/mol. The number of aromatic nitrogens is 1. The van der Waals surface area contributed by atoms with Crippen molar-refractivity contribution in [1.29, 1.82) is 0 Å². The second kappa shape index (κ2) is 11.2. The molecule has 37 heavy (non-hydrogen) atoms. The van der Waals surface area contributed by atoms with Crippen LogP contribution in [0.1, 0.15) is 27.0 Å². The number of sulfonamides is 1. The molecule has 4 aromatic rings. The monoisotopic (exact) mass is 537 g/mol. The number of carbonyl (C=O) groups is 2. The van der Waals surface area contributed by atoms with Gasteiger partial charge in [0.05, 0.1) is 24.3 Å². The van der Waals surface area contributed by atoms with Gasteiger partial charge < -0.3 is 9.47 Å². The molecule has 0 saturated carbocycles. The highest BCUT2D eigenvalue weighted by molar-refractivity contribution is 7.92. The van der Waals surface area contributed by atoms with E-state index in [1.54, 1.807) is 19.1 Å². The molecule has 0 aliphatic carbocycles.